The monoisotopic (exact) mass is 790 g/mol. The topological polar surface area (TPSA) is 28.9 Å². The molecule has 8 aromatic rings. The van der Waals surface area contributed by atoms with Gasteiger partial charge in [0.2, 0.25) is 0 Å². The van der Waals surface area contributed by atoms with Crippen LogP contribution >= 0.6 is 0 Å². The Labute approximate surface area is 357 Å². The SMILES string of the molecule is CC1=C/Cc2cc(N(c3ccccc3)c3cc4c(c5ccccc35)C=C(N(c3ccccc3)c3ccc5oc6ccc(C)cc6c5c3)C3C=CC=CC43)ccc2OC(C)/C=C\1. The summed E-state index contributed by atoms with van der Waals surface area (Å²) in [6.07, 6.45) is 19.0. The number of anilines is 5. The Morgan fingerprint density at radius 2 is 1.21 bits per heavy atom. The maximum Gasteiger partial charge on any atom is 0.135 e. The molecule has 3 aliphatic rings. The van der Waals surface area contributed by atoms with Crippen LogP contribution in [0.5, 0.6) is 5.75 Å². The van der Waals surface area contributed by atoms with E-state index in [-0.39, 0.29) is 17.9 Å². The Hall–Kier alpha value is -7.30. The van der Waals surface area contributed by atoms with E-state index < -0.39 is 0 Å². The Kier molecular flexibility index (Phi) is 9.08. The molecule has 1 aromatic heterocycles. The zero-order chi connectivity index (χ0) is 41.0. The minimum atomic E-state index is -0.0279. The molecule has 0 saturated heterocycles. The van der Waals surface area contributed by atoms with Gasteiger partial charge < -0.3 is 19.0 Å². The molecule has 1 aliphatic heterocycles. The molecular formula is C57H46N2O2. The third kappa shape index (κ3) is 6.56. The average Bonchev–Trinajstić information content (AvgIpc) is 3.68. The number of rotatable bonds is 6. The lowest BCUT2D eigenvalue weighted by atomic mass is 9.73. The highest BCUT2D eigenvalue weighted by Gasteiger charge is 2.36. The summed E-state index contributed by atoms with van der Waals surface area (Å²) in [6, 6.07) is 52.8. The van der Waals surface area contributed by atoms with Crippen LogP contribution in [0.3, 0.4) is 0 Å². The van der Waals surface area contributed by atoms with Crippen molar-refractivity contribution in [3.05, 3.63) is 222 Å². The van der Waals surface area contributed by atoms with Crippen LogP contribution in [0.4, 0.5) is 28.4 Å². The molecule has 0 spiro atoms. The molecular weight excluding hydrogens is 745 g/mol. The average molecular weight is 791 g/mol. The molecule has 4 heteroatoms. The highest BCUT2D eigenvalue weighted by atomic mass is 16.5. The van der Waals surface area contributed by atoms with Crippen LogP contribution in [0.1, 0.15) is 42.0 Å². The smallest absolute Gasteiger partial charge is 0.135 e. The Balaban J connectivity index is 1.12. The van der Waals surface area contributed by atoms with Crippen molar-refractivity contribution < 1.29 is 9.15 Å². The van der Waals surface area contributed by atoms with E-state index >= 15 is 0 Å². The summed E-state index contributed by atoms with van der Waals surface area (Å²) in [5, 5.41) is 4.67. The molecule has 7 aromatic carbocycles. The van der Waals surface area contributed by atoms with Crippen molar-refractivity contribution in [2.24, 2.45) is 5.92 Å². The molecule has 3 unspecified atom stereocenters. The third-order valence-electron chi connectivity index (χ3n) is 12.5. The van der Waals surface area contributed by atoms with Crippen molar-refractivity contribution in [2.75, 3.05) is 9.80 Å². The molecule has 0 radical (unpaired) electrons. The normalized spacial score (nSPS) is 19.4. The molecule has 61 heavy (non-hydrogen) atoms. The number of hydrogen-bond donors (Lipinski definition) is 0. The number of fused-ring (bicyclic) bond motifs is 9. The van der Waals surface area contributed by atoms with Crippen molar-refractivity contribution >= 4 is 67.2 Å². The Morgan fingerprint density at radius 1 is 0.557 bits per heavy atom. The third-order valence-corrected chi connectivity index (χ3v) is 12.5. The number of para-hydroxylation sites is 2. The van der Waals surface area contributed by atoms with Gasteiger partial charge in [-0.2, -0.15) is 0 Å². The zero-order valence-electron chi connectivity index (χ0n) is 34.6. The van der Waals surface area contributed by atoms with Crippen molar-refractivity contribution in [3.8, 4) is 5.75 Å². The van der Waals surface area contributed by atoms with Gasteiger partial charge in [-0.25, -0.2) is 0 Å². The summed E-state index contributed by atoms with van der Waals surface area (Å²) in [5.41, 5.74) is 14.8. The first-order valence-corrected chi connectivity index (χ1v) is 21.4. The van der Waals surface area contributed by atoms with Gasteiger partial charge in [-0.15, -0.1) is 0 Å². The van der Waals surface area contributed by atoms with Gasteiger partial charge in [-0.3, -0.25) is 0 Å². The maximum atomic E-state index is 6.48. The van der Waals surface area contributed by atoms with E-state index in [1.807, 2.05) is 0 Å². The molecule has 2 heterocycles. The van der Waals surface area contributed by atoms with Crippen molar-refractivity contribution in [2.45, 2.75) is 39.2 Å². The first-order chi connectivity index (χ1) is 30.0. The fourth-order valence-electron chi connectivity index (χ4n) is 9.56. The quantitative estimate of drug-likeness (QED) is 0.168. The Morgan fingerprint density at radius 3 is 2.00 bits per heavy atom. The lowest BCUT2D eigenvalue weighted by Crippen LogP contribution is -2.29. The highest BCUT2D eigenvalue weighted by molar-refractivity contribution is 6.08. The molecule has 2 aliphatic carbocycles. The predicted octanol–water partition coefficient (Wildman–Crippen LogP) is 15.4. The van der Waals surface area contributed by atoms with Gasteiger partial charge in [0.1, 0.15) is 23.0 Å². The van der Waals surface area contributed by atoms with E-state index in [0.717, 1.165) is 62.5 Å². The standard InChI is InChI=1S/C57H46N2O2/c1-37-22-25-39(3)60-55-30-27-43(33-40(55)26-23-37)58(41-14-6-4-7-15-41)53-35-49-46-19-11-13-21-48(46)54(36-50(49)45-18-10-12-20-47(45)53)59(42-16-8-5-9-17-42)44-28-31-57-52(34-44)51-32-38(2)24-29-56(51)61-57/h4-25,27-36,39,46,48H,26H2,1-3H3/b25-22-,37-23-. The number of allylic oxidation sites excluding steroid dienone is 7. The largest absolute Gasteiger partial charge is 0.486 e. The first-order valence-electron chi connectivity index (χ1n) is 21.4. The van der Waals surface area contributed by atoms with E-state index in [9.17, 15) is 0 Å². The molecule has 11 rings (SSSR count). The van der Waals surface area contributed by atoms with Crippen molar-refractivity contribution in [3.63, 3.8) is 0 Å². The second-order valence-electron chi connectivity index (χ2n) is 16.6. The first kappa shape index (κ1) is 36.8. The molecule has 0 amide bonds. The zero-order valence-corrected chi connectivity index (χ0v) is 34.6. The predicted molar refractivity (Wildman–Crippen MR) is 255 cm³/mol. The van der Waals surface area contributed by atoms with Crippen LogP contribution in [-0.4, -0.2) is 6.10 Å². The summed E-state index contributed by atoms with van der Waals surface area (Å²) in [6.45, 7) is 6.40. The van der Waals surface area contributed by atoms with E-state index in [4.69, 9.17) is 9.15 Å². The molecule has 0 N–H and O–H groups in total. The van der Waals surface area contributed by atoms with Crippen molar-refractivity contribution in [1.82, 2.24) is 0 Å². The van der Waals surface area contributed by atoms with Gasteiger partial charge in [0, 0.05) is 62.0 Å². The maximum absolute atomic E-state index is 6.48. The highest BCUT2D eigenvalue weighted by Crippen LogP contribution is 2.52. The van der Waals surface area contributed by atoms with E-state index in [2.05, 4.69) is 225 Å². The summed E-state index contributed by atoms with van der Waals surface area (Å²) >= 11 is 0. The van der Waals surface area contributed by atoms with Gasteiger partial charge in [0.25, 0.3) is 0 Å². The molecule has 3 atom stereocenters. The molecule has 0 bridgehead atoms. The van der Waals surface area contributed by atoms with Crippen molar-refractivity contribution in [1.29, 1.82) is 0 Å². The van der Waals surface area contributed by atoms with E-state index in [1.54, 1.807) is 0 Å². The number of aryl methyl sites for hydroxylation is 1. The number of ether oxygens (including phenoxy) is 1. The summed E-state index contributed by atoms with van der Waals surface area (Å²) in [7, 11) is 0. The second kappa shape index (κ2) is 15.1. The van der Waals surface area contributed by atoms with Crippen LogP contribution in [0.2, 0.25) is 0 Å². The minimum absolute atomic E-state index is 0.0279. The minimum Gasteiger partial charge on any atom is -0.486 e. The second-order valence-corrected chi connectivity index (χ2v) is 16.6. The lowest BCUT2D eigenvalue weighted by Gasteiger charge is -2.40. The summed E-state index contributed by atoms with van der Waals surface area (Å²) in [5.74, 6) is 1.11. The van der Waals surface area contributed by atoms with Gasteiger partial charge in [-0.1, -0.05) is 114 Å². The number of furan rings is 1. The fourth-order valence-corrected chi connectivity index (χ4v) is 9.56. The molecule has 0 saturated carbocycles. The summed E-state index contributed by atoms with van der Waals surface area (Å²) in [4.78, 5) is 4.90. The van der Waals surface area contributed by atoms with Crippen LogP contribution < -0.4 is 14.5 Å². The summed E-state index contributed by atoms with van der Waals surface area (Å²) < 4.78 is 12.8. The number of benzene rings is 7. The molecule has 296 valence electrons. The van der Waals surface area contributed by atoms with E-state index in [1.165, 1.54) is 44.3 Å². The van der Waals surface area contributed by atoms with Gasteiger partial charge in [-0.05, 0) is 135 Å². The number of hydrogen-bond acceptors (Lipinski definition) is 4. The Bertz CT molecular complexity index is 3150. The van der Waals surface area contributed by atoms with Crippen LogP contribution in [0.25, 0.3) is 38.8 Å². The molecule has 4 nitrogen and oxygen atoms in total. The molecule has 0 fully saturated rings. The number of nitrogens with zero attached hydrogens (tertiary/aromatic N) is 2. The van der Waals surface area contributed by atoms with Gasteiger partial charge in [0.05, 0.1) is 5.69 Å². The lowest BCUT2D eigenvalue weighted by molar-refractivity contribution is 0.268. The van der Waals surface area contributed by atoms with E-state index in [0.29, 0.717) is 0 Å². The fraction of sp³-hybridized carbons (Fsp3) is 0.123. The van der Waals surface area contributed by atoms with Crippen LogP contribution in [0.15, 0.2) is 204 Å². The van der Waals surface area contributed by atoms with Crippen LogP contribution in [0, 0.1) is 12.8 Å². The van der Waals surface area contributed by atoms with Gasteiger partial charge in [0.15, 0.2) is 0 Å². The van der Waals surface area contributed by atoms with Crippen LogP contribution in [-0.2, 0) is 6.42 Å². The van der Waals surface area contributed by atoms with Gasteiger partial charge >= 0.3 is 0 Å².